The first kappa shape index (κ1) is 22.9. The molecule has 0 heterocycles. The first-order chi connectivity index (χ1) is 16.3. The van der Waals surface area contributed by atoms with E-state index in [0.29, 0.717) is 22.1 Å². The average Bonchev–Trinajstić information content (AvgIpc) is 2.85. The number of azo groups is 1. The summed E-state index contributed by atoms with van der Waals surface area (Å²) in [6.07, 6.45) is 0. The summed E-state index contributed by atoms with van der Waals surface area (Å²) in [4.78, 5) is 12.4. The van der Waals surface area contributed by atoms with Crippen molar-refractivity contribution in [3.63, 3.8) is 0 Å². The molecule has 0 aliphatic rings. The van der Waals surface area contributed by atoms with Crippen LogP contribution in [0, 0.1) is 6.92 Å². The molecule has 0 aliphatic carbocycles. The maximum absolute atomic E-state index is 13.0. The van der Waals surface area contributed by atoms with Crippen molar-refractivity contribution in [1.29, 1.82) is 0 Å². The summed E-state index contributed by atoms with van der Waals surface area (Å²) in [7, 11) is -2.47. The summed E-state index contributed by atoms with van der Waals surface area (Å²) in [6.45, 7) is 1.90. The Balaban J connectivity index is 1.73. The van der Waals surface area contributed by atoms with Gasteiger partial charge in [-0.2, -0.15) is 0 Å². The van der Waals surface area contributed by atoms with Gasteiger partial charge in [-0.25, -0.2) is 8.42 Å². The molecule has 0 radical (unpaired) electrons. The van der Waals surface area contributed by atoms with E-state index < -0.39 is 15.9 Å². The van der Waals surface area contributed by atoms with E-state index in [2.05, 4.69) is 15.0 Å². The maximum atomic E-state index is 13.0. The molecular formula is C25H21N3O5S. The van der Waals surface area contributed by atoms with E-state index in [1.807, 2.05) is 6.92 Å². The van der Waals surface area contributed by atoms with E-state index in [1.165, 1.54) is 25.3 Å². The Bertz CT molecular complexity index is 1500. The number of fused-ring (bicyclic) bond motifs is 1. The number of sulfonamides is 1. The number of amides is 1. The van der Waals surface area contributed by atoms with Crippen LogP contribution in [0.15, 0.2) is 94.0 Å². The normalized spacial score (nSPS) is 11.6. The lowest BCUT2D eigenvalue weighted by Crippen LogP contribution is -2.13. The fourth-order valence-electron chi connectivity index (χ4n) is 3.32. The van der Waals surface area contributed by atoms with Crippen LogP contribution in [0.25, 0.3) is 10.8 Å². The molecule has 172 valence electrons. The van der Waals surface area contributed by atoms with Crippen molar-refractivity contribution in [2.75, 3.05) is 11.8 Å². The molecule has 9 heteroatoms. The number of methoxy groups -OCH3 is 1. The topological polar surface area (TPSA) is 117 Å². The molecule has 0 spiro atoms. The van der Waals surface area contributed by atoms with Gasteiger partial charge in [-0.15, -0.1) is 10.2 Å². The summed E-state index contributed by atoms with van der Waals surface area (Å²) in [5.41, 5.74) is 1.47. The predicted molar refractivity (Wildman–Crippen MR) is 129 cm³/mol. The summed E-state index contributed by atoms with van der Waals surface area (Å²) in [5.74, 6) is -0.286. The Kier molecular flexibility index (Phi) is 6.29. The first-order valence-corrected chi connectivity index (χ1v) is 11.7. The number of aromatic hydroxyl groups is 1. The van der Waals surface area contributed by atoms with E-state index >= 15 is 0 Å². The second kappa shape index (κ2) is 9.32. The Labute approximate surface area is 196 Å². The third kappa shape index (κ3) is 4.74. The van der Waals surface area contributed by atoms with Crippen LogP contribution in [0.3, 0.4) is 0 Å². The van der Waals surface area contributed by atoms with Gasteiger partial charge >= 0.3 is 0 Å². The molecule has 0 bridgehead atoms. The molecule has 4 aromatic carbocycles. The molecule has 8 nitrogen and oxygen atoms in total. The summed E-state index contributed by atoms with van der Waals surface area (Å²) in [5, 5.41) is 19.2. The SMILES string of the molecule is COc1ccc(S(=O)(=O)Nc2cc(N=NC(=O)c3ccc(C)cc3)c(O)c3ccccc23)cc1. The van der Waals surface area contributed by atoms with E-state index in [-0.39, 0.29) is 22.0 Å². The minimum atomic E-state index is -3.96. The minimum Gasteiger partial charge on any atom is -0.505 e. The van der Waals surface area contributed by atoms with Gasteiger partial charge in [-0.1, -0.05) is 42.0 Å². The van der Waals surface area contributed by atoms with Crippen molar-refractivity contribution in [2.24, 2.45) is 10.2 Å². The van der Waals surface area contributed by atoms with Crippen molar-refractivity contribution >= 4 is 38.1 Å². The van der Waals surface area contributed by atoms with Crippen molar-refractivity contribution in [1.82, 2.24) is 0 Å². The number of nitrogens with zero attached hydrogens (tertiary/aromatic N) is 2. The van der Waals surface area contributed by atoms with Crippen molar-refractivity contribution in [2.45, 2.75) is 11.8 Å². The summed E-state index contributed by atoms with van der Waals surface area (Å²) < 4.78 is 33.6. The lowest BCUT2D eigenvalue weighted by Gasteiger charge is -2.13. The van der Waals surface area contributed by atoms with Crippen molar-refractivity contribution in [3.8, 4) is 11.5 Å². The van der Waals surface area contributed by atoms with Gasteiger partial charge in [0.1, 0.15) is 11.4 Å². The van der Waals surface area contributed by atoms with Crippen LogP contribution in [0.4, 0.5) is 11.4 Å². The van der Waals surface area contributed by atoms with Gasteiger partial charge in [-0.05, 0) is 49.4 Å². The number of phenols is 1. The largest absolute Gasteiger partial charge is 0.505 e. The van der Waals surface area contributed by atoms with Crippen molar-refractivity contribution in [3.05, 3.63) is 90.0 Å². The van der Waals surface area contributed by atoms with Crippen LogP contribution in [0.5, 0.6) is 11.5 Å². The van der Waals surface area contributed by atoms with Crippen LogP contribution in [0.1, 0.15) is 15.9 Å². The lowest BCUT2D eigenvalue weighted by molar-refractivity contribution is 0.0995. The number of carbonyl (C=O) groups is 1. The lowest BCUT2D eigenvalue weighted by atomic mass is 10.1. The number of hydrogen-bond donors (Lipinski definition) is 2. The Hall–Kier alpha value is -4.24. The Morgan fingerprint density at radius 3 is 2.24 bits per heavy atom. The first-order valence-electron chi connectivity index (χ1n) is 10.2. The van der Waals surface area contributed by atoms with Gasteiger partial charge in [0.05, 0.1) is 17.7 Å². The number of hydrogen-bond acceptors (Lipinski definition) is 6. The highest BCUT2D eigenvalue weighted by atomic mass is 32.2. The number of aryl methyl sites for hydroxylation is 1. The molecule has 0 unspecified atom stereocenters. The molecule has 0 saturated heterocycles. The quantitative estimate of drug-likeness (QED) is 0.279. The molecule has 0 saturated carbocycles. The predicted octanol–water partition coefficient (Wildman–Crippen LogP) is 5.59. The second-order valence-electron chi connectivity index (χ2n) is 7.49. The van der Waals surface area contributed by atoms with Gasteiger partial charge in [-0.3, -0.25) is 9.52 Å². The zero-order chi connectivity index (χ0) is 24.3. The monoisotopic (exact) mass is 475 g/mol. The third-order valence-corrected chi connectivity index (χ3v) is 6.54. The number of anilines is 1. The number of benzene rings is 4. The molecule has 0 aromatic heterocycles. The Morgan fingerprint density at radius 1 is 0.941 bits per heavy atom. The van der Waals surface area contributed by atoms with Crippen molar-refractivity contribution < 1.29 is 23.1 Å². The van der Waals surface area contributed by atoms with Gasteiger partial charge in [0.2, 0.25) is 0 Å². The van der Waals surface area contributed by atoms with E-state index in [0.717, 1.165) is 5.56 Å². The molecule has 1 amide bonds. The standard InChI is InChI=1S/C25H21N3O5S/c1-16-7-9-17(10-8-16)25(30)27-26-23-15-22(20-5-3-4-6-21(20)24(23)29)28-34(31,32)19-13-11-18(33-2)12-14-19/h3-15,28-29H,1-2H3. The van der Waals surface area contributed by atoms with Gasteiger partial charge in [0.25, 0.3) is 15.9 Å². The second-order valence-corrected chi connectivity index (χ2v) is 9.17. The van der Waals surface area contributed by atoms with Crippen LogP contribution in [0.2, 0.25) is 0 Å². The molecule has 34 heavy (non-hydrogen) atoms. The molecule has 0 atom stereocenters. The highest BCUT2D eigenvalue weighted by Gasteiger charge is 2.19. The van der Waals surface area contributed by atoms with E-state index in [9.17, 15) is 18.3 Å². The number of carbonyl (C=O) groups excluding carboxylic acids is 1. The smallest absolute Gasteiger partial charge is 0.295 e. The summed E-state index contributed by atoms with van der Waals surface area (Å²) >= 11 is 0. The molecule has 2 N–H and O–H groups in total. The van der Waals surface area contributed by atoms with Gasteiger partial charge in [0, 0.05) is 16.3 Å². The maximum Gasteiger partial charge on any atom is 0.295 e. The zero-order valence-corrected chi connectivity index (χ0v) is 19.2. The Morgan fingerprint density at radius 2 is 1.59 bits per heavy atom. The van der Waals surface area contributed by atoms with Crippen LogP contribution < -0.4 is 9.46 Å². The number of phenolic OH excluding ortho intramolecular Hbond substituents is 1. The number of rotatable bonds is 6. The fraction of sp³-hybridized carbons (Fsp3) is 0.0800. The van der Waals surface area contributed by atoms with Gasteiger partial charge in [0.15, 0.2) is 5.75 Å². The van der Waals surface area contributed by atoms with Gasteiger partial charge < -0.3 is 9.84 Å². The average molecular weight is 476 g/mol. The van der Waals surface area contributed by atoms with Crippen LogP contribution >= 0.6 is 0 Å². The zero-order valence-electron chi connectivity index (χ0n) is 18.4. The van der Waals surface area contributed by atoms with E-state index in [4.69, 9.17) is 4.74 Å². The van der Waals surface area contributed by atoms with Crippen LogP contribution in [-0.4, -0.2) is 26.5 Å². The molecule has 0 aliphatic heterocycles. The molecule has 0 fully saturated rings. The fourth-order valence-corrected chi connectivity index (χ4v) is 4.39. The van der Waals surface area contributed by atoms with E-state index in [1.54, 1.807) is 60.7 Å². The number of ether oxygens (including phenoxy) is 1. The summed E-state index contributed by atoms with van der Waals surface area (Å²) in [6, 6.07) is 20.8. The number of nitrogens with one attached hydrogen (secondary N) is 1. The molecular weight excluding hydrogens is 454 g/mol. The van der Waals surface area contributed by atoms with Crippen LogP contribution in [-0.2, 0) is 10.0 Å². The highest BCUT2D eigenvalue weighted by molar-refractivity contribution is 7.92. The molecule has 4 rings (SSSR count). The molecule has 4 aromatic rings. The third-order valence-electron chi connectivity index (χ3n) is 5.16. The minimum absolute atomic E-state index is 0.0307. The highest BCUT2D eigenvalue weighted by Crippen LogP contribution is 2.40.